The van der Waals surface area contributed by atoms with Gasteiger partial charge in [0.05, 0.1) is 12.2 Å². The number of carboxylic acid groups (broad SMARTS) is 1. The van der Waals surface area contributed by atoms with Crippen LogP contribution in [0.15, 0.2) is 28.7 Å². The minimum atomic E-state index is -0.896. The molecule has 0 unspecified atom stereocenters. The molecule has 0 aliphatic rings. The molecule has 0 aromatic heterocycles. The van der Waals surface area contributed by atoms with Crippen molar-refractivity contribution in [2.75, 3.05) is 6.61 Å². The highest BCUT2D eigenvalue weighted by Gasteiger charge is 1.98. The van der Waals surface area contributed by atoms with Gasteiger partial charge in [0.1, 0.15) is 0 Å². The first-order valence-electron chi connectivity index (χ1n) is 4.59. The molecule has 0 bridgehead atoms. The predicted molar refractivity (Wildman–Crippen MR) is 63.4 cm³/mol. The zero-order chi connectivity index (χ0) is 12.6. The van der Waals surface area contributed by atoms with Crippen LogP contribution in [0.1, 0.15) is 24.2 Å². The molecule has 0 spiro atoms. The fourth-order valence-electron chi connectivity index (χ4n) is 0.796. The van der Waals surface area contributed by atoms with Crippen LogP contribution in [-0.2, 0) is 9.53 Å². The quantitative estimate of drug-likeness (QED) is 0.850. The van der Waals surface area contributed by atoms with Gasteiger partial charge in [-0.2, -0.15) is 0 Å². The van der Waals surface area contributed by atoms with E-state index in [0.717, 1.165) is 4.47 Å². The first kappa shape index (κ1) is 14.6. The van der Waals surface area contributed by atoms with E-state index in [0.29, 0.717) is 12.2 Å². The number of hydrogen-bond donors (Lipinski definition) is 1. The van der Waals surface area contributed by atoms with Crippen molar-refractivity contribution in [1.29, 1.82) is 0 Å². The summed E-state index contributed by atoms with van der Waals surface area (Å²) in [4.78, 5) is 20.1. The van der Waals surface area contributed by atoms with Crippen molar-refractivity contribution in [1.82, 2.24) is 0 Å². The number of carbonyl (C=O) groups is 2. The Morgan fingerprint density at radius 1 is 1.31 bits per heavy atom. The van der Waals surface area contributed by atoms with Gasteiger partial charge in [-0.25, -0.2) is 4.79 Å². The van der Waals surface area contributed by atoms with Crippen molar-refractivity contribution < 1.29 is 19.4 Å². The molecule has 1 N–H and O–H groups in total. The molecule has 0 heterocycles. The maximum Gasteiger partial charge on any atom is 0.335 e. The van der Waals surface area contributed by atoms with Crippen LogP contribution in [0.25, 0.3) is 0 Å². The summed E-state index contributed by atoms with van der Waals surface area (Å²) in [5, 5.41) is 8.46. The SMILES string of the molecule is CCOC(C)=O.O=C(O)c1ccc(Br)cc1. The van der Waals surface area contributed by atoms with E-state index in [2.05, 4.69) is 20.7 Å². The first-order chi connectivity index (χ1) is 7.47. The standard InChI is InChI=1S/C7H5BrO2.C4H8O2/c8-6-3-1-5(2-4-6)7(9)10;1-3-6-4(2)5/h1-4H,(H,9,10);3H2,1-2H3. The molecule has 4 nitrogen and oxygen atoms in total. The molecule has 0 fully saturated rings. The molecule has 0 saturated heterocycles. The predicted octanol–water partition coefficient (Wildman–Crippen LogP) is 2.72. The van der Waals surface area contributed by atoms with Crippen LogP contribution in [0.5, 0.6) is 0 Å². The van der Waals surface area contributed by atoms with E-state index in [1.165, 1.54) is 6.92 Å². The molecule has 0 amide bonds. The van der Waals surface area contributed by atoms with Crippen molar-refractivity contribution in [2.24, 2.45) is 0 Å². The average Bonchev–Trinajstić information content (AvgIpc) is 2.19. The third kappa shape index (κ3) is 7.00. The minimum absolute atomic E-state index is 0.211. The van der Waals surface area contributed by atoms with Gasteiger partial charge in [-0.1, -0.05) is 15.9 Å². The number of halogens is 1. The highest BCUT2D eigenvalue weighted by molar-refractivity contribution is 9.10. The van der Waals surface area contributed by atoms with Crippen molar-refractivity contribution in [3.05, 3.63) is 34.3 Å². The number of carbonyl (C=O) groups excluding carboxylic acids is 1. The zero-order valence-electron chi connectivity index (χ0n) is 9.07. The van der Waals surface area contributed by atoms with E-state index < -0.39 is 5.97 Å². The van der Waals surface area contributed by atoms with Crippen LogP contribution in [0.3, 0.4) is 0 Å². The molecule has 1 rings (SSSR count). The fraction of sp³-hybridized carbons (Fsp3) is 0.273. The second-order valence-electron chi connectivity index (χ2n) is 2.74. The summed E-state index contributed by atoms with van der Waals surface area (Å²) in [6.07, 6.45) is 0. The van der Waals surface area contributed by atoms with Gasteiger partial charge < -0.3 is 9.84 Å². The van der Waals surface area contributed by atoms with E-state index in [9.17, 15) is 9.59 Å². The Morgan fingerprint density at radius 2 is 1.81 bits per heavy atom. The van der Waals surface area contributed by atoms with E-state index in [1.54, 1.807) is 31.2 Å². The number of benzene rings is 1. The van der Waals surface area contributed by atoms with Crippen LogP contribution in [0.4, 0.5) is 0 Å². The van der Waals surface area contributed by atoms with Crippen molar-refractivity contribution >= 4 is 27.9 Å². The summed E-state index contributed by atoms with van der Waals surface area (Å²) in [5.41, 5.74) is 0.309. The minimum Gasteiger partial charge on any atom is -0.478 e. The number of carboxylic acids is 1. The highest BCUT2D eigenvalue weighted by atomic mass is 79.9. The van der Waals surface area contributed by atoms with Gasteiger partial charge in [0.25, 0.3) is 0 Å². The summed E-state index contributed by atoms with van der Waals surface area (Å²) < 4.78 is 5.29. The molecule has 1 aromatic rings. The highest BCUT2D eigenvalue weighted by Crippen LogP contribution is 2.09. The number of rotatable bonds is 2. The average molecular weight is 289 g/mol. The van der Waals surface area contributed by atoms with E-state index >= 15 is 0 Å². The van der Waals surface area contributed by atoms with Gasteiger partial charge in [-0.05, 0) is 31.2 Å². The zero-order valence-corrected chi connectivity index (χ0v) is 10.7. The second-order valence-corrected chi connectivity index (χ2v) is 3.65. The first-order valence-corrected chi connectivity index (χ1v) is 5.39. The van der Waals surface area contributed by atoms with Gasteiger partial charge in [0.2, 0.25) is 0 Å². The van der Waals surface area contributed by atoms with Crippen LogP contribution in [0, 0.1) is 0 Å². The molecule has 0 aliphatic heterocycles. The lowest BCUT2D eigenvalue weighted by molar-refractivity contribution is -0.140. The second kappa shape index (κ2) is 7.87. The lowest BCUT2D eigenvalue weighted by Crippen LogP contribution is -1.95. The monoisotopic (exact) mass is 288 g/mol. The third-order valence-electron chi connectivity index (χ3n) is 1.44. The van der Waals surface area contributed by atoms with Gasteiger partial charge in [-0.15, -0.1) is 0 Å². The normalized spacial score (nSPS) is 8.69. The Morgan fingerprint density at radius 3 is 2.06 bits per heavy atom. The van der Waals surface area contributed by atoms with Crippen LogP contribution < -0.4 is 0 Å². The fourth-order valence-corrected chi connectivity index (χ4v) is 1.06. The van der Waals surface area contributed by atoms with Crippen molar-refractivity contribution in [2.45, 2.75) is 13.8 Å². The summed E-state index contributed by atoms with van der Waals surface area (Å²) >= 11 is 3.20. The Hall–Kier alpha value is -1.36. The molecular weight excluding hydrogens is 276 g/mol. The van der Waals surface area contributed by atoms with E-state index in [4.69, 9.17) is 5.11 Å². The van der Waals surface area contributed by atoms with E-state index in [-0.39, 0.29) is 5.97 Å². The van der Waals surface area contributed by atoms with Crippen LogP contribution in [-0.4, -0.2) is 23.7 Å². The number of ether oxygens (including phenoxy) is 1. The summed E-state index contributed by atoms with van der Waals surface area (Å²) in [6.45, 7) is 3.65. The Balaban J connectivity index is 0.000000325. The number of hydrogen-bond acceptors (Lipinski definition) is 3. The van der Waals surface area contributed by atoms with Crippen LogP contribution >= 0.6 is 15.9 Å². The Kier molecular flexibility index (Phi) is 7.20. The topological polar surface area (TPSA) is 63.6 Å². The maximum atomic E-state index is 10.3. The van der Waals surface area contributed by atoms with E-state index in [1.807, 2.05) is 0 Å². The molecule has 0 saturated carbocycles. The largest absolute Gasteiger partial charge is 0.478 e. The molecule has 0 atom stereocenters. The summed E-state index contributed by atoms with van der Waals surface area (Å²) in [5.74, 6) is -1.11. The molecular formula is C11H13BrO4. The molecule has 0 radical (unpaired) electrons. The Bertz CT molecular complexity index is 346. The lowest BCUT2D eigenvalue weighted by atomic mass is 10.2. The molecule has 0 aliphatic carbocycles. The number of aromatic carboxylic acids is 1. The van der Waals surface area contributed by atoms with Crippen molar-refractivity contribution in [3.63, 3.8) is 0 Å². The molecule has 16 heavy (non-hydrogen) atoms. The molecule has 5 heteroatoms. The smallest absolute Gasteiger partial charge is 0.335 e. The molecule has 88 valence electrons. The summed E-state index contributed by atoms with van der Waals surface area (Å²) in [7, 11) is 0. The Labute approximate surface area is 102 Å². The summed E-state index contributed by atoms with van der Waals surface area (Å²) in [6, 6.07) is 6.49. The van der Waals surface area contributed by atoms with Gasteiger partial charge in [-0.3, -0.25) is 4.79 Å². The maximum absolute atomic E-state index is 10.3. The third-order valence-corrected chi connectivity index (χ3v) is 1.97. The van der Waals surface area contributed by atoms with Crippen LogP contribution in [0.2, 0.25) is 0 Å². The lowest BCUT2D eigenvalue weighted by Gasteiger charge is -1.91. The number of esters is 1. The van der Waals surface area contributed by atoms with Gasteiger partial charge >= 0.3 is 11.9 Å². The molecule has 1 aromatic carbocycles. The van der Waals surface area contributed by atoms with Gasteiger partial charge in [0.15, 0.2) is 0 Å². The van der Waals surface area contributed by atoms with Gasteiger partial charge in [0, 0.05) is 11.4 Å². The van der Waals surface area contributed by atoms with Crippen molar-refractivity contribution in [3.8, 4) is 0 Å².